The SMILES string of the molecule is CS(=O)(=O)N1CCc2c(cccc2NC(=O)CSc2cccc(C(F)(F)F)c2)C1. The predicted octanol–water partition coefficient (Wildman–Crippen LogP) is 3.75. The average Bonchev–Trinajstić information content (AvgIpc) is 2.65. The van der Waals surface area contributed by atoms with Crippen molar-refractivity contribution in [3.63, 3.8) is 0 Å². The number of rotatable bonds is 5. The summed E-state index contributed by atoms with van der Waals surface area (Å²) in [5, 5.41) is 2.79. The zero-order valence-corrected chi connectivity index (χ0v) is 17.1. The first-order chi connectivity index (χ1) is 13.5. The van der Waals surface area contributed by atoms with Gasteiger partial charge in [-0.3, -0.25) is 4.79 Å². The second-order valence-corrected chi connectivity index (χ2v) is 9.68. The van der Waals surface area contributed by atoms with E-state index in [1.807, 2.05) is 6.07 Å². The minimum Gasteiger partial charge on any atom is -0.325 e. The molecule has 0 saturated carbocycles. The molecule has 29 heavy (non-hydrogen) atoms. The molecule has 1 aliphatic heterocycles. The van der Waals surface area contributed by atoms with Crippen molar-refractivity contribution < 1.29 is 26.4 Å². The maximum absolute atomic E-state index is 12.8. The fourth-order valence-electron chi connectivity index (χ4n) is 3.08. The normalized spacial score (nSPS) is 15.0. The molecule has 1 aliphatic rings. The number of thioether (sulfide) groups is 1. The summed E-state index contributed by atoms with van der Waals surface area (Å²) in [5.41, 5.74) is 1.55. The summed E-state index contributed by atoms with van der Waals surface area (Å²) in [6.45, 7) is 0.578. The zero-order chi connectivity index (χ0) is 21.2. The highest BCUT2D eigenvalue weighted by Gasteiger charge is 2.30. The van der Waals surface area contributed by atoms with E-state index in [1.165, 1.54) is 16.4 Å². The quantitative estimate of drug-likeness (QED) is 0.714. The van der Waals surface area contributed by atoms with Gasteiger partial charge in [0.25, 0.3) is 0 Å². The van der Waals surface area contributed by atoms with Gasteiger partial charge in [-0.05, 0) is 41.8 Å². The standard InChI is InChI=1S/C19H19F3N2O3S2/c1-29(26,27)24-9-8-16-13(11-24)4-2-7-17(16)23-18(25)12-28-15-6-3-5-14(10-15)19(20,21)22/h2-7,10H,8-9,11-12H2,1H3,(H,23,25). The summed E-state index contributed by atoms with van der Waals surface area (Å²) in [6.07, 6.45) is -2.80. The molecule has 0 fully saturated rings. The van der Waals surface area contributed by atoms with Gasteiger partial charge in [-0.15, -0.1) is 11.8 Å². The van der Waals surface area contributed by atoms with E-state index in [4.69, 9.17) is 0 Å². The molecule has 10 heteroatoms. The number of hydrogen-bond acceptors (Lipinski definition) is 4. The smallest absolute Gasteiger partial charge is 0.325 e. The Morgan fingerprint density at radius 3 is 2.62 bits per heavy atom. The van der Waals surface area contributed by atoms with Crippen molar-refractivity contribution in [2.24, 2.45) is 0 Å². The first-order valence-electron chi connectivity index (χ1n) is 8.70. The summed E-state index contributed by atoms with van der Waals surface area (Å²) >= 11 is 1.02. The minimum absolute atomic E-state index is 0.0412. The van der Waals surface area contributed by atoms with Gasteiger partial charge in [-0.25, -0.2) is 8.42 Å². The van der Waals surface area contributed by atoms with Crippen LogP contribution in [0.2, 0.25) is 0 Å². The number of nitrogens with zero attached hydrogens (tertiary/aromatic N) is 1. The number of amides is 1. The molecule has 0 aromatic heterocycles. The number of benzene rings is 2. The Balaban J connectivity index is 1.65. The summed E-state index contributed by atoms with van der Waals surface area (Å²) in [5.74, 6) is -0.383. The molecule has 156 valence electrons. The van der Waals surface area contributed by atoms with E-state index in [-0.39, 0.29) is 18.2 Å². The first kappa shape index (κ1) is 21.7. The lowest BCUT2D eigenvalue weighted by molar-refractivity contribution is -0.137. The molecule has 2 aromatic carbocycles. The van der Waals surface area contributed by atoms with Crippen molar-refractivity contribution >= 4 is 33.4 Å². The zero-order valence-electron chi connectivity index (χ0n) is 15.5. The van der Waals surface area contributed by atoms with E-state index in [2.05, 4.69) is 5.32 Å². The van der Waals surface area contributed by atoms with Crippen LogP contribution in [0.25, 0.3) is 0 Å². The summed E-state index contributed by atoms with van der Waals surface area (Å²) in [4.78, 5) is 12.7. The fraction of sp³-hybridized carbons (Fsp3) is 0.316. The molecule has 2 aromatic rings. The highest BCUT2D eigenvalue weighted by Crippen LogP contribution is 2.32. The number of anilines is 1. The van der Waals surface area contributed by atoms with E-state index < -0.39 is 21.8 Å². The first-order valence-corrected chi connectivity index (χ1v) is 11.5. The molecular formula is C19H19F3N2O3S2. The number of alkyl halides is 3. The third-order valence-corrected chi connectivity index (χ3v) is 6.75. The molecule has 3 rings (SSSR count). The van der Waals surface area contributed by atoms with Gasteiger partial charge in [-0.2, -0.15) is 17.5 Å². The lowest BCUT2D eigenvalue weighted by atomic mass is 9.99. The molecule has 0 spiro atoms. The van der Waals surface area contributed by atoms with Crippen molar-refractivity contribution in [2.45, 2.75) is 24.0 Å². The van der Waals surface area contributed by atoms with Crippen LogP contribution in [0.5, 0.6) is 0 Å². The Morgan fingerprint density at radius 1 is 1.21 bits per heavy atom. The number of carbonyl (C=O) groups excluding carboxylic acids is 1. The molecule has 5 nitrogen and oxygen atoms in total. The third-order valence-electron chi connectivity index (χ3n) is 4.51. The molecule has 0 atom stereocenters. The van der Waals surface area contributed by atoms with Crippen molar-refractivity contribution in [3.05, 3.63) is 59.2 Å². The van der Waals surface area contributed by atoms with Crippen LogP contribution >= 0.6 is 11.8 Å². The van der Waals surface area contributed by atoms with Gasteiger partial charge < -0.3 is 5.32 Å². The molecular weight excluding hydrogens is 425 g/mol. The van der Waals surface area contributed by atoms with Crippen LogP contribution in [0.1, 0.15) is 16.7 Å². The monoisotopic (exact) mass is 444 g/mol. The van der Waals surface area contributed by atoms with Crippen LogP contribution < -0.4 is 5.32 Å². The van der Waals surface area contributed by atoms with Crippen LogP contribution in [-0.2, 0) is 34.0 Å². The van der Waals surface area contributed by atoms with Crippen molar-refractivity contribution in [1.29, 1.82) is 0 Å². The molecule has 1 N–H and O–H groups in total. The molecule has 0 bridgehead atoms. The van der Waals surface area contributed by atoms with E-state index in [0.717, 1.165) is 41.3 Å². The van der Waals surface area contributed by atoms with Crippen LogP contribution in [0.3, 0.4) is 0 Å². The Bertz CT molecular complexity index is 1020. The number of fused-ring (bicyclic) bond motifs is 1. The lowest BCUT2D eigenvalue weighted by Gasteiger charge is -2.28. The topological polar surface area (TPSA) is 66.5 Å². The van der Waals surface area contributed by atoms with E-state index >= 15 is 0 Å². The highest BCUT2D eigenvalue weighted by atomic mass is 32.2. The van der Waals surface area contributed by atoms with Crippen LogP contribution in [0.15, 0.2) is 47.4 Å². The molecule has 0 saturated heterocycles. The molecule has 0 unspecified atom stereocenters. The van der Waals surface area contributed by atoms with Gasteiger partial charge >= 0.3 is 6.18 Å². The Labute approximate surface area is 171 Å². The van der Waals surface area contributed by atoms with E-state index in [9.17, 15) is 26.4 Å². The number of sulfonamides is 1. The van der Waals surface area contributed by atoms with Crippen LogP contribution in [0.4, 0.5) is 18.9 Å². The van der Waals surface area contributed by atoms with Crippen LogP contribution in [-0.4, -0.2) is 37.2 Å². The van der Waals surface area contributed by atoms with Gasteiger partial charge in [0.05, 0.1) is 17.6 Å². The highest BCUT2D eigenvalue weighted by molar-refractivity contribution is 8.00. The third kappa shape index (κ3) is 5.52. The second-order valence-electron chi connectivity index (χ2n) is 6.65. The van der Waals surface area contributed by atoms with Gasteiger partial charge in [-0.1, -0.05) is 18.2 Å². The van der Waals surface area contributed by atoms with Crippen molar-refractivity contribution in [2.75, 3.05) is 23.9 Å². The van der Waals surface area contributed by atoms with Crippen LogP contribution in [0, 0.1) is 0 Å². The Morgan fingerprint density at radius 2 is 1.93 bits per heavy atom. The molecule has 1 heterocycles. The molecule has 1 amide bonds. The number of halogens is 3. The minimum atomic E-state index is -4.43. The lowest BCUT2D eigenvalue weighted by Crippen LogP contribution is -2.35. The maximum atomic E-state index is 12.8. The second kappa shape index (κ2) is 8.37. The van der Waals surface area contributed by atoms with Gasteiger partial charge in [0.1, 0.15) is 0 Å². The molecule has 0 radical (unpaired) electrons. The van der Waals surface area contributed by atoms with Gasteiger partial charge in [0.15, 0.2) is 0 Å². The number of nitrogens with one attached hydrogen (secondary N) is 1. The van der Waals surface area contributed by atoms with E-state index in [1.54, 1.807) is 12.1 Å². The summed E-state index contributed by atoms with van der Waals surface area (Å²) in [7, 11) is -3.30. The number of hydrogen-bond donors (Lipinski definition) is 1. The van der Waals surface area contributed by atoms with Gasteiger partial charge in [0.2, 0.25) is 15.9 Å². The largest absolute Gasteiger partial charge is 0.416 e. The number of carbonyl (C=O) groups is 1. The fourth-order valence-corrected chi connectivity index (χ4v) is 4.63. The molecule has 0 aliphatic carbocycles. The summed E-state index contributed by atoms with van der Waals surface area (Å²) in [6, 6.07) is 10.1. The Hall–Kier alpha value is -2.04. The van der Waals surface area contributed by atoms with E-state index in [0.29, 0.717) is 23.5 Å². The average molecular weight is 445 g/mol. The maximum Gasteiger partial charge on any atom is 0.416 e. The van der Waals surface area contributed by atoms with Gasteiger partial charge in [0, 0.05) is 23.7 Å². The predicted molar refractivity (Wildman–Crippen MR) is 106 cm³/mol. The Kier molecular flexibility index (Phi) is 6.25. The van der Waals surface area contributed by atoms with Crippen molar-refractivity contribution in [1.82, 2.24) is 4.31 Å². The summed E-state index contributed by atoms with van der Waals surface area (Å²) < 4.78 is 63.2. The van der Waals surface area contributed by atoms with Crippen molar-refractivity contribution in [3.8, 4) is 0 Å².